The van der Waals surface area contributed by atoms with Gasteiger partial charge in [-0.3, -0.25) is 9.88 Å². The maximum atomic E-state index is 10.6. The molecule has 2 aromatic carbocycles. The normalized spacial score (nSPS) is 12.1. The van der Waals surface area contributed by atoms with Crippen molar-refractivity contribution in [2.45, 2.75) is 33.0 Å². The molecule has 0 saturated heterocycles. The first kappa shape index (κ1) is 20.1. The van der Waals surface area contributed by atoms with Crippen LogP contribution in [0.3, 0.4) is 0 Å². The van der Waals surface area contributed by atoms with Gasteiger partial charge >= 0.3 is 0 Å². The summed E-state index contributed by atoms with van der Waals surface area (Å²) in [6.45, 7) is 6.34. The van der Waals surface area contributed by atoms with Crippen LogP contribution >= 0.6 is 0 Å². The Morgan fingerprint density at radius 1 is 0.929 bits per heavy atom. The van der Waals surface area contributed by atoms with Crippen LogP contribution in [0.4, 0.5) is 0 Å². The molecule has 0 amide bonds. The molecule has 0 radical (unpaired) electrons. The SMILES string of the molecule is Cc1ccc(OCC(O)CN(Cc2ccccc2)Cc2cccnc2C)cc1. The molecule has 0 fully saturated rings. The lowest BCUT2D eigenvalue weighted by Crippen LogP contribution is -2.35. The van der Waals surface area contributed by atoms with Crippen LogP contribution in [0.2, 0.25) is 0 Å². The topological polar surface area (TPSA) is 45.6 Å². The van der Waals surface area contributed by atoms with E-state index in [4.69, 9.17) is 4.74 Å². The molecule has 3 rings (SSSR count). The quantitative estimate of drug-likeness (QED) is 0.610. The predicted octanol–water partition coefficient (Wildman–Crippen LogP) is 4.14. The van der Waals surface area contributed by atoms with E-state index in [9.17, 15) is 5.11 Å². The zero-order chi connectivity index (χ0) is 19.8. The summed E-state index contributed by atoms with van der Waals surface area (Å²) in [6.07, 6.45) is 1.23. The Labute approximate surface area is 167 Å². The fraction of sp³-hybridized carbons (Fsp3) is 0.292. The molecule has 0 aliphatic heterocycles. The van der Waals surface area contributed by atoms with Crippen molar-refractivity contribution in [2.24, 2.45) is 0 Å². The Hall–Kier alpha value is -2.69. The Bertz CT molecular complexity index is 850. The number of nitrogens with zero attached hydrogens (tertiary/aromatic N) is 2. The van der Waals surface area contributed by atoms with E-state index in [2.05, 4.69) is 28.1 Å². The summed E-state index contributed by atoms with van der Waals surface area (Å²) in [7, 11) is 0. The van der Waals surface area contributed by atoms with Gasteiger partial charge in [0.25, 0.3) is 0 Å². The average molecular weight is 377 g/mol. The fourth-order valence-corrected chi connectivity index (χ4v) is 3.13. The van der Waals surface area contributed by atoms with Crippen molar-refractivity contribution in [3.63, 3.8) is 0 Å². The minimum atomic E-state index is -0.581. The van der Waals surface area contributed by atoms with Crippen LogP contribution in [0.5, 0.6) is 5.75 Å². The van der Waals surface area contributed by atoms with Gasteiger partial charge in [0.1, 0.15) is 18.5 Å². The highest BCUT2D eigenvalue weighted by Crippen LogP contribution is 2.14. The zero-order valence-electron chi connectivity index (χ0n) is 16.6. The summed E-state index contributed by atoms with van der Waals surface area (Å²) in [6, 6.07) is 22.3. The lowest BCUT2D eigenvalue weighted by Gasteiger charge is -2.26. The standard InChI is InChI=1S/C24H28N2O2/c1-19-10-12-24(13-11-19)28-18-23(27)17-26(15-21-7-4-3-5-8-21)16-22-9-6-14-25-20(22)2/h3-14,23,27H,15-18H2,1-2H3. The Morgan fingerprint density at radius 3 is 2.39 bits per heavy atom. The van der Waals surface area contributed by atoms with Gasteiger partial charge in [-0.25, -0.2) is 0 Å². The molecule has 1 heterocycles. The van der Waals surface area contributed by atoms with Gasteiger partial charge in [0.2, 0.25) is 0 Å². The maximum Gasteiger partial charge on any atom is 0.119 e. The molecule has 3 aromatic rings. The van der Waals surface area contributed by atoms with Crippen LogP contribution in [0, 0.1) is 13.8 Å². The van der Waals surface area contributed by atoms with Crippen LogP contribution in [0.25, 0.3) is 0 Å². The number of hydrogen-bond acceptors (Lipinski definition) is 4. The number of aryl methyl sites for hydroxylation is 2. The number of pyridine rings is 1. The van der Waals surface area contributed by atoms with Crippen molar-refractivity contribution in [3.05, 3.63) is 95.3 Å². The van der Waals surface area contributed by atoms with Gasteiger partial charge < -0.3 is 9.84 Å². The molecular formula is C24H28N2O2. The Kier molecular flexibility index (Phi) is 7.18. The van der Waals surface area contributed by atoms with E-state index < -0.39 is 6.10 Å². The lowest BCUT2D eigenvalue weighted by molar-refractivity contribution is 0.0627. The number of aliphatic hydroxyl groups excluding tert-OH is 1. The molecular weight excluding hydrogens is 348 g/mol. The predicted molar refractivity (Wildman–Crippen MR) is 112 cm³/mol. The number of ether oxygens (including phenoxy) is 1. The first-order chi connectivity index (χ1) is 13.6. The van der Waals surface area contributed by atoms with Crippen LogP contribution in [0.15, 0.2) is 72.9 Å². The summed E-state index contributed by atoms with van der Waals surface area (Å²) < 4.78 is 5.76. The molecule has 0 aliphatic rings. The largest absolute Gasteiger partial charge is 0.491 e. The Morgan fingerprint density at radius 2 is 1.68 bits per heavy atom. The number of aliphatic hydroxyl groups is 1. The molecule has 1 N–H and O–H groups in total. The van der Waals surface area contributed by atoms with Gasteiger partial charge in [-0.1, -0.05) is 54.1 Å². The molecule has 1 aromatic heterocycles. The number of benzene rings is 2. The van der Waals surface area contributed by atoms with Crippen molar-refractivity contribution >= 4 is 0 Å². The van der Waals surface area contributed by atoms with Gasteiger partial charge in [0, 0.05) is 31.5 Å². The van der Waals surface area contributed by atoms with Crippen molar-refractivity contribution in [3.8, 4) is 5.75 Å². The molecule has 0 saturated carbocycles. The Balaban J connectivity index is 1.63. The van der Waals surface area contributed by atoms with Crippen LogP contribution in [-0.4, -0.2) is 34.2 Å². The highest BCUT2D eigenvalue weighted by Gasteiger charge is 2.15. The first-order valence-corrected chi connectivity index (χ1v) is 9.64. The second-order valence-corrected chi connectivity index (χ2v) is 7.18. The van der Waals surface area contributed by atoms with Crippen molar-refractivity contribution < 1.29 is 9.84 Å². The first-order valence-electron chi connectivity index (χ1n) is 9.64. The third kappa shape index (κ3) is 6.19. The third-order valence-corrected chi connectivity index (χ3v) is 4.69. The van der Waals surface area contributed by atoms with Crippen molar-refractivity contribution in [2.75, 3.05) is 13.2 Å². The molecule has 1 atom stereocenters. The highest BCUT2D eigenvalue weighted by molar-refractivity contribution is 5.26. The molecule has 4 nitrogen and oxygen atoms in total. The van der Waals surface area contributed by atoms with Gasteiger partial charge in [-0.2, -0.15) is 0 Å². The van der Waals surface area contributed by atoms with E-state index in [0.717, 1.165) is 24.5 Å². The zero-order valence-corrected chi connectivity index (χ0v) is 16.6. The van der Waals surface area contributed by atoms with E-state index in [0.29, 0.717) is 6.54 Å². The molecule has 0 bridgehead atoms. The summed E-state index contributed by atoms with van der Waals surface area (Å²) in [5.41, 5.74) is 4.60. The van der Waals surface area contributed by atoms with Gasteiger partial charge in [-0.05, 0) is 43.2 Å². The molecule has 4 heteroatoms. The molecule has 0 spiro atoms. The monoisotopic (exact) mass is 376 g/mol. The summed E-state index contributed by atoms with van der Waals surface area (Å²) >= 11 is 0. The molecule has 1 unspecified atom stereocenters. The van der Waals surface area contributed by atoms with Gasteiger partial charge in [-0.15, -0.1) is 0 Å². The molecule has 0 aliphatic carbocycles. The second kappa shape index (κ2) is 10.0. The maximum absolute atomic E-state index is 10.6. The minimum absolute atomic E-state index is 0.264. The van der Waals surface area contributed by atoms with Crippen molar-refractivity contribution in [1.82, 2.24) is 9.88 Å². The van der Waals surface area contributed by atoms with E-state index in [-0.39, 0.29) is 6.61 Å². The number of hydrogen-bond donors (Lipinski definition) is 1. The smallest absolute Gasteiger partial charge is 0.119 e. The minimum Gasteiger partial charge on any atom is -0.491 e. The fourth-order valence-electron chi connectivity index (χ4n) is 3.13. The molecule has 146 valence electrons. The van der Waals surface area contributed by atoms with E-state index in [1.807, 2.05) is 68.6 Å². The van der Waals surface area contributed by atoms with Gasteiger partial charge in [0.05, 0.1) is 0 Å². The van der Waals surface area contributed by atoms with Crippen LogP contribution in [0.1, 0.15) is 22.4 Å². The van der Waals surface area contributed by atoms with Crippen LogP contribution in [-0.2, 0) is 13.1 Å². The van der Waals surface area contributed by atoms with Gasteiger partial charge in [0.15, 0.2) is 0 Å². The summed E-state index contributed by atoms with van der Waals surface area (Å²) in [5, 5.41) is 10.6. The van der Waals surface area contributed by atoms with E-state index >= 15 is 0 Å². The second-order valence-electron chi connectivity index (χ2n) is 7.18. The third-order valence-electron chi connectivity index (χ3n) is 4.69. The van der Waals surface area contributed by atoms with Crippen LogP contribution < -0.4 is 4.74 Å². The summed E-state index contributed by atoms with van der Waals surface area (Å²) in [5.74, 6) is 0.780. The van der Waals surface area contributed by atoms with Crippen molar-refractivity contribution in [1.29, 1.82) is 0 Å². The summed E-state index contributed by atoms with van der Waals surface area (Å²) in [4.78, 5) is 6.63. The number of aromatic nitrogens is 1. The van der Waals surface area contributed by atoms with E-state index in [1.165, 1.54) is 16.7 Å². The molecule has 28 heavy (non-hydrogen) atoms. The highest BCUT2D eigenvalue weighted by atomic mass is 16.5. The lowest BCUT2D eigenvalue weighted by atomic mass is 10.1. The number of rotatable bonds is 9. The van der Waals surface area contributed by atoms with E-state index in [1.54, 1.807) is 0 Å². The average Bonchev–Trinajstić information content (AvgIpc) is 2.70.